The van der Waals surface area contributed by atoms with E-state index >= 15 is 0 Å². The molecule has 0 bridgehead atoms. The van der Waals surface area contributed by atoms with Crippen molar-refractivity contribution in [3.05, 3.63) is 40.3 Å². The number of hydrogen-bond acceptors (Lipinski definition) is 4. The standard InChI is InChI=1S/C17H17ClFNO3S/c1-17(2,9-18)16(22)20-13-12(8-24-14(13)15(21)23-3)10-4-6-11(19)7-5-10/h4-8H,9H2,1-3H3,(H,20,22). The smallest absolute Gasteiger partial charge is 0.350 e. The van der Waals surface area contributed by atoms with E-state index in [0.29, 0.717) is 16.8 Å². The number of carbonyl (C=O) groups excluding carboxylic acids is 2. The number of thiophene rings is 1. The lowest BCUT2D eigenvalue weighted by atomic mass is 9.95. The Hall–Kier alpha value is -1.92. The van der Waals surface area contributed by atoms with Crippen molar-refractivity contribution in [2.75, 3.05) is 18.3 Å². The SMILES string of the molecule is COC(=O)c1scc(-c2ccc(F)cc2)c1NC(=O)C(C)(C)CCl. The van der Waals surface area contributed by atoms with Gasteiger partial charge in [-0.2, -0.15) is 0 Å². The Kier molecular flexibility index (Phi) is 5.62. The van der Waals surface area contributed by atoms with Crippen LogP contribution in [0.4, 0.5) is 10.1 Å². The first-order valence-electron chi connectivity index (χ1n) is 7.13. The van der Waals surface area contributed by atoms with Gasteiger partial charge in [-0.1, -0.05) is 12.1 Å². The maximum Gasteiger partial charge on any atom is 0.350 e. The van der Waals surface area contributed by atoms with Crippen molar-refractivity contribution in [1.82, 2.24) is 0 Å². The van der Waals surface area contributed by atoms with Crippen molar-refractivity contribution < 1.29 is 18.7 Å². The summed E-state index contributed by atoms with van der Waals surface area (Å²) in [4.78, 5) is 24.7. The lowest BCUT2D eigenvalue weighted by Crippen LogP contribution is -2.32. The Morgan fingerprint density at radius 2 is 1.92 bits per heavy atom. The molecule has 1 aromatic carbocycles. The van der Waals surface area contributed by atoms with Crippen LogP contribution in [0.5, 0.6) is 0 Å². The third-order valence-electron chi connectivity index (χ3n) is 3.50. The van der Waals surface area contributed by atoms with Crippen LogP contribution in [0.25, 0.3) is 11.1 Å². The van der Waals surface area contributed by atoms with E-state index in [1.54, 1.807) is 31.4 Å². The third-order valence-corrected chi connectivity index (χ3v) is 5.13. The zero-order valence-corrected chi connectivity index (χ0v) is 15.1. The molecule has 2 aromatic rings. The van der Waals surface area contributed by atoms with Gasteiger partial charge < -0.3 is 10.1 Å². The Morgan fingerprint density at radius 1 is 1.29 bits per heavy atom. The van der Waals surface area contributed by atoms with Gasteiger partial charge in [0.1, 0.15) is 10.7 Å². The number of methoxy groups -OCH3 is 1. The van der Waals surface area contributed by atoms with Gasteiger partial charge in [0.15, 0.2) is 0 Å². The molecule has 1 amide bonds. The predicted molar refractivity (Wildman–Crippen MR) is 94.2 cm³/mol. The summed E-state index contributed by atoms with van der Waals surface area (Å²) in [6.07, 6.45) is 0. The zero-order chi connectivity index (χ0) is 17.9. The summed E-state index contributed by atoms with van der Waals surface area (Å²) in [7, 11) is 1.27. The van der Waals surface area contributed by atoms with E-state index in [4.69, 9.17) is 16.3 Å². The fourth-order valence-electron chi connectivity index (χ4n) is 1.91. The molecule has 0 atom stereocenters. The van der Waals surface area contributed by atoms with Crippen LogP contribution in [0.15, 0.2) is 29.6 Å². The molecular weight excluding hydrogens is 353 g/mol. The van der Waals surface area contributed by atoms with E-state index < -0.39 is 11.4 Å². The summed E-state index contributed by atoms with van der Waals surface area (Å²) in [6.45, 7) is 3.41. The van der Waals surface area contributed by atoms with Gasteiger partial charge in [-0.25, -0.2) is 9.18 Å². The number of hydrogen-bond donors (Lipinski definition) is 1. The predicted octanol–water partition coefficient (Wildman–Crippen LogP) is 4.54. The number of anilines is 1. The first-order valence-corrected chi connectivity index (χ1v) is 8.54. The highest BCUT2D eigenvalue weighted by molar-refractivity contribution is 7.13. The molecule has 1 heterocycles. The second kappa shape index (κ2) is 7.32. The van der Waals surface area contributed by atoms with Gasteiger partial charge in [0.05, 0.1) is 18.2 Å². The number of benzene rings is 1. The molecule has 1 aromatic heterocycles. The zero-order valence-electron chi connectivity index (χ0n) is 13.5. The van der Waals surface area contributed by atoms with Crippen molar-refractivity contribution in [3.63, 3.8) is 0 Å². The number of halogens is 2. The number of ether oxygens (including phenoxy) is 1. The van der Waals surface area contributed by atoms with Crippen LogP contribution in [-0.4, -0.2) is 24.9 Å². The number of rotatable bonds is 5. The van der Waals surface area contributed by atoms with Gasteiger partial charge in [-0.3, -0.25) is 4.79 Å². The first-order chi connectivity index (χ1) is 11.3. The molecule has 2 rings (SSSR count). The van der Waals surface area contributed by atoms with E-state index in [-0.39, 0.29) is 22.5 Å². The lowest BCUT2D eigenvalue weighted by molar-refractivity contribution is -0.122. The topological polar surface area (TPSA) is 55.4 Å². The molecule has 0 fully saturated rings. The number of esters is 1. The molecule has 1 N–H and O–H groups in total. The molecule has 0 radical (unpaired) electrons. The molecule has 0 aliphatic heterocycles. The van der Waals surface area contributed by atoms with Gasteiger partial charge in [-0.15, -0.1) is 22.9 Å². The van der Waals surface area contributed by atoms with E-state index in [2.05, 4.69) is 5.32 Å². The van der Waals surface area contributed by atoms with Crippen LogP contribution >= 0.6 is 22.9 Å². The van der Waals surface area contributed by atoms with Crippen molar-refractivity contribution in [3.8, 4) is 11.1 Å². The average molecular weight is 370 g/mol. The van der Waals surface area contributed by atoms with Gasteiger partial charge in [-0.05, 0) is 31.5 Å². The Morgan fingerprint density at radius 3 is 2.46 bits per heavy atom. The number of nitrogens with one attached hydrogen (secondary N) is 1. The van der Waals surface area contributed by atoms with Crippen LogP contribution in [-0.2, 0) is 9.53 Å². The lowest BCUT2D eigenvalue weighted by Gasteiger charge is -2.21. The quantitative estimate of drug-likeness (QED) is 0.621. The minimum atomic E-state index is -0.809. The molecule has 0 aliphatic rings. The molecule has 128 valence electrons. The Balaban J connectivity index is 2.49. The van der Waals surface area contributed by atoms with Crippen LogP contribution in [0, 0.1) is 11.2 Å². The highest BCUT2D eigenvalue weighted by Gasteiger charge is 2.29. The normalized spacial score (nSPS) is 11.2. The second-order valence-corrected chi connectivity index (χ2v) is 6.97. The fourth-order valence-corrected chi connectivity index (χ4v) is 2.98. The van der Waals surface area contributed by atoms with Gasteiger partial charge >= 0.3 is 5.97 Å². The average Bonchev–Trinajstić information content (AvgIpc) is 2.98. The molecule has 0 aliphatic carbocycles. The van der Waals surface area contributed by atoms with Crippen molar-refractivity contribution in [2.24, 2.45) is 5.41 Å². The molecule has 0 spiro atoms. The van der Waals surface area contributed by atoms with Gasteiger partial charge in [0.2, 0.25) is 5.91 Å². The molecule has 7 heteroatoms. The Labute approximate surface area is 148 Å². The minimum Gasteiger partial charge on any atom is -0.465 e. The highest BCUT2D eigenvalue weighted by Crippen LogP contribution is 2.38. The third kappa shape index (κ3) is 3.76. The van der Waals surface area contributed by atoms with E-state index in [9.17, 15) is 14.0 Å². The summed E-state index contributed by atoms with van der Waals surface area (Å²) < 4.78 is 17.9. The van der Waals surface area contributed by atoms with Crippen LogP contribution < -0.4 is 5.32 Å². The molecule has 0 saturated heterocycles. The van der Waals surface area contributed by atoms with E-state index in [1.165, 1.54) is 19.2 Å². The maximum atomic E-state index is 13.1. The van der Waals surface area contributed by atoms with Crippen molar-refractivity contribution in [1.29, 1.82) is 0 Å². The second-order valence-electron chi connectivity index (χ2n) is 5.82. The van der Waals surface area contributed by atoms with Crippen LogP contribution in [0.1, 0.15) is 23.5 Å². The number of carbonyl (C=O) groups is 2. The largest absolute Gasteiger partial charge is 0.465 e. The summed E-state index contributed by atoms with van der Waals surface area (Å²) in [5.74, 6) is -1.10. The van der Waals surface area contributed by atoms with Gasteiger partial charge in [0, 0.05) is 16.8 Å². The number of amides is 1. The van der Waals surface area contributed by atoms with E-state index in [1.807, 2.05) is 0 Å². The van der Waals surface area contributed by atoms with Crippen molar-refractivity contribution in [2.45, 2.75) is 13.8 Å². The van der Waals surface area contributed by atoms with Gasteiger partial charge in [0.25, 0.3) is 0 Å². The molecule has 24 heavy (non-hydrogen) atoms. The fraction of sp³-hybridized carbons (Fsp3) is 0.294. The summed E-state index contributed by atoms with van der Waals surface area (Å²) in [5.41, 5.74) is 0.847. The van der Waals surface area contributed by atoms with E-state index in [0.717, 1.165) is 11.3 Å². The number of alkyl halides is 1. The molecule has 0 unspecified atom stereocenters. The summed E-state index contributed by atoms with van der Waals surface area (Å²) in [6, 6.07) is 5.81. The minimum absolute atomic E-state index is 0.127. The van der Waals surface area contributed by atoms with Crippen LogP contribution in [0.2, 0.25) is 0 Å². The Bertz CT molecular complexity index is 756. The van der Waals surface area contributed by atoms with Crippen molar-refractivity contribution >= 4 is 40.5 Å². The summed E-state index contributed by atoms with van der Waals surface area (Å²) >= 11 is 6.99. The maximum absolute atomic E-state index is 13.1. The summed E-state index contributed by atoms with van der Waals surface area (Å²) in [5, 5.41) is 4.50. The highest BCUT2D eigenvalue weighted by atomic mass is 35.5. The first kappa shape index (κ1) is 18.4. The molecular formula is C17H17ClFNO3S. The monoisotopic (exact) mass is 369 g/mol. The van der Waals surface area contributed by atoms with Crippen LogP contribution in [0.3, 0.4) is 0 Å². The molecule has 4 nitrogen and oxygen atoms in total. The molecule has 0 saturated carbocycles.